The lowest BCUT2D eigenvalue weighted by atomic mass is 10.1. The van der Waals surface area contributed by atoms with Gasteiger partial charge in [0.2, 0.25) is 0 Å². The van der Waals surface area contributed by atoms with Crippen LogP contribution < -0.4 is 30.6 Å². The summed E-state index contributed by atoms with van der Waals surface area (Å²) in [5.74, 6) is -3.24. The molecule has 0 bridgehead atoms. The number of hydrogen-bond donors (Lipinski definition) is 3. The SMILES string of the molecule is CCC(F)(F)c1ccc(NC(=O)Nc2ccc(Oc3ccnc4cc(OCCC(N)C(=O)OC5CCCC5)c(OC)cc34)c(F)c2)cc1. The molecule has 1 aliphatic rings. The molecule has 3 aromatic carbocycles. The smallest absolute Gasteiger partial charge is 0.323 e. The molecule has 0 aliphatic heterocycles. The lowest BCUT2D eigenvalue weighted by molar-refractivity contribution is -0.150. The summed E-state index contributed by atoms with van der Waals surface area (Å²) in [6, 6.07) is 12.5. The molecule has 5 rings (SSSR count). The van der Waals surface area contributed by atoms with Crippen LogP contribution in [0.2, 0.25) is 0 Å². The van der Waals surface area contributed by atoms with E-state index in [0.717, 1.165) is 31.7 Å². The van der Waals surface area contributed by atoms with Crippen LogP contribution in [0.5, 0.6) is 23.0 Å². The van der Waals surface area contributed by atoms with E-state index in [2.05, 4.69) is 15.6 Å². The van der Waals surface area contributed by atoms with Gasteiger partial charge in [-0.2, -0.15) is 0 Å². The average molecular weight is 667 g/mol. The molecule has 0 radical (unpaired) electrons. The van der Waals surface area contributed by atoms with Crippen molar-refractivity contribution in [3.05, 3.63) is 78.2 Å². The molecule has 4 aromatic rings. The van der Waals surface area contributed by atoms with Crippen LogP contribution in [0.3, 0.4) is 0 Å². The second-order valence-electron chi connectivity index (χ2n) is 11.4. The van der Waals surface area contributed by atoms with Crippen molar-refractivity contribution in [1.29, 1.82) is 0 Å². The summed E-state index contributed by atoms with van der Waals surface area (Å²) in [7, 11) is 1.47. The fourth-order valence-corrected chi connectivity index (χ4v) is 5.24. The van der Waals surface area contributed by atoms with Crippen molar-refractivity contribution in [3.8, 4) is 23.0 Å². The number of ether oxygens (including phenoxy) is 4. The molecule has 0 spiro atoms. The number of anilines is 2. The zero-order chi connectivity index (χ0) is 34.3. The largest absolute Gasteiger partial charge is 0.493 e. The Bertz CT molecular complexity index is 1750. The third kappa shape index (κ3) is 8.45. The fraction of sp³-hybridized carbons (Fsp3) is 0.343. The Morgan fingerprint density at radius 2 is 1.67 bits per heavy atom. The van der Waals surface area contributed by atoms with Crippen molar-refractivity contribution >= 4 is 34.3 Å². The van der Waals surface area contributed by atoms with Crippen molar-refractivity contribution < 1.29 is 41.7 Å². The number of pyridine rings is 1. The first-order valence-corrected chi connectivity index (χ1v) is 15.7. The third-order valence-corrected chi connectivity index (χ3v) is 7.98. The molecule has 254 valence electrons. The summed E-state index contributed by atoms with van der Waals surface area (Å²) in [5, 5.41) is 5.55. The first kappa shape index (κ1) is 34.3. The highest BCUT2D eigenvalue weighted by Gasteiger charge is 2.28. The minimum Gasteiger partial charge on any atom is -0.493 e. The lowest BCUT2D eigenvalue weighted by Gasteiger charge is -2.17. The van der Waals surface area contributed by atoms with Gasteiger partial charge in [0.05, 0.1) is 19.2 Å². The molecule has 48 heavy (non-hydrogen) atoms. The van der Waals surface area contributed by atoms with Gasteiger partial charge >= 0.3 is 12.0 Å². The number of alkyl halides is 2. The molecular formula is C35H37F3N4O6. The molecular weight excluding hydrogens is 629 g/mol. The average Bonchev–Trinajstić information content (AvgIpc) is 3.59. The van der Waals surface area contributed by atoms with Crippen molar-refractivity contribution in [2.24, 2.45) is 5.73 Å². The van der Waals surface area contributed by atoms with Gasteiger partial charge in [0, 0.05) is 53.5 Å². The summed E-state index contributed by atoms with van der Waals surface area (Å²) >= 11 is 0. The predicted octanol–water partition coefficient (Wildman–Crippen LogP) is 7.90. The van der Waals surface area contributed by atoms with Crippen molar-refractivity contribution in [1.82, 2.24) is 4.98 Å². The standard InChI is InChI=1S/C35H37F3N4O6/c1-3-35(37,38)21-8-10-22(11-9-21)41-34(44)42-23-12-13-30(26(36)18-23)48-29-14-16-40-28-20-32(31(45-2)19-25(28)29)46-17-15-27(39)33(43)47-24-6-4-5-7-24/h8-14,16,18-20,24,27H,3-7,15,17,39H2,1-2H3,(H2,41,42,44). The number of methoxy groups -OCH3 is 1. The maximum atomic E-state index is 15.1. The number of carbonyl (C=O) groups is 2. The second kappa shape index (κ2) is 15.2. The number of halogens is 3. The molecule has 1 atom stereocenters. The quantitative estimate of drug-likeness (QED) is 0.123. The van der Waals surface area contributed by atoms with Crippen molar-refractivity contribution in [2.75, 3.05) is 24.4 Å². The number of esters is 1. The molecule has 10 nitrogen and oxygen atoms in total. The van der Waals surface area contributed by atoms with Crippen LogP contribution in [0, 0.1) is 5.82 Å². The van der Waals surface area contributed by atoms with E-state index in [1.54, 1.807) is 18.2 Å². The minimum absolute atomic E-state index is 0.0646. The van der Waals surface area contributed by atoms with Gasteiger partial charge in [-0.3, -0.25) is 9.78 Å². The summed E-state index contributed by atoms with van der Waals surface area (Å²) < 4.78 is 65.6. The lowest BCUT2D eigenvalue weighted by Crippen LogP contribution is -2.35. The maximum absolute atomic E-state index is 15.1. The second-order valence-corrected chi connectivity index (χ2v) is 11.4. The number of hydrogen-bond acceptors (Lipinski definition) is 8. The van der Waals surface area contributed by atoms with Gasteiger partial charge in [-0.1, -0.05) is 19.1 Å². The van der Waals surface area contributed by atoms with Gasteiger partial charge in [-0.15, -0.1) is 0 Å². The first-order valence-electron chi connectivity index (χ1n) is 15.7. The van der Waals surface area contributed by atoms with Gasteiger partial charge in [-0.05, 0) is 62.1 Å². The van der Waals surface area contributed by atoms with Crippen LogP contribution in [0.4, 0.5) is 29.3 Å². The Hall–Kier alpha value is -5.04. The number of benzene rings is 3. The molecule has 1 saturated carbocycles. The van der Waals surface area contributed by atoms with E-state index in [4.69, 9.17) is 24.7 Å². The van der Waals surface area contributed by atoms with E-state index < -0.39 is 29.8 Å². The van der Waals surface area contributed by atoms with Crippen LogP contribution in [0.15, 0.2) is 66.9 Å². The zero-order valence-electron chi connectivity index (χ0n) is 26.6. The highest BCUT2D eigenvalue weighted by atomic mass is 19.3. The number of nitrogens with one attached hydrogen (secondary N) is 2. The minimum atomic E-state index is -2.96. The van der Waals surface area contributed by atoms with E-state index in [9.17, 15) is 18.4 Å². The van der Waals surface area contributed by atoms with Crippen LogP contribution in [-0.2, 0) is 15.5 Å². The topological polar surface area (TPSA) is 134 Å². The first-order chi connectivity index (χ1) is 23.1. The Morgan fingerprint density at radius 3 is 2.35 bits per heavy atom. The molecule has 0 saturated heterocycles. The zero-order valence-corrected chi connectivity index (χ0v) is 26.6. The molecule has 2 amide bonds. The van der Waals surface area contributed by atoms with E-state index in [1.807, 2.05) is 0 Å². The van der Waals surface area contributed by atoms with Crippen molar-refractivity contribution in [3.63, 3.8) is 0 Å². The van der Waals surface area contributed by atoms with Gasteiger partial charge in [0.15, 0.2) is 23.1 Å². The number of nitrogens with zero attached hydrogens (tertiary/aromatic N) is 1. The Balaban J connectivity index is 1.20. The number of fused-ring (bicyclic) bond motifs is 1. The summed E-state index contributed by atoms with van der Waals surface area (Å²) in [6.45, 7) is 1.52. The molecule has 1 aliphatic carbocycles. The molecule has 1 heterocycles. The predicted molar refractivity (Wildman–Crippen MR) is 174 cm³/mol. The number of nitrogens with two attached hydrogens (primary N) is 1. The van der Waals surface area contributed by atoms with Gasteiger partial charge < -0.3 is 35.3 Å². The number of urea groups is 1. The van der Waals surface area contributed by atoms with Crippen LogP contribution in [-0.4, -0.2) is 42.8 Å². The molecule has 1 aromatic heterocycles. The van der Waals surface area contributed by atoms with E-state index in [0.29, 0.717) is 28.1 Å². The molecule has 1 fully saturated rings. The van der Waals surface area contributed by atoms with Gasteiger partial charge in [-0.25, -0.2) is 18.0 Å². The highest BCUT2D eigenvalue weighted by molar-refractivity contribution is 5.99. The van der Waals surface area contributed by atoms with E-state index >= 15 is 4.39 Å². The van der Waals surface area contributed by atoms with Crippen molar-refractivity contribution in [2.45, 2.75) is 63.5 Å². The van der Waals surface area contributed by atoms with E-state index in [-0.39, 0.29) is 48.3 Å². The van der Waals surface area contributed by atoms with Gasteiger partial charge in [0.25, 0.3) is 5.92 Å². The number of carbonyl (C=O) groups excluding carboxylic acids is 2. The van der Waals surface area contributed by atoms with Crippen LogP contribution >= 0.6 is 0 Å². The number of rotatable bonds is 13. The van der Waals surface area contributed by atoms with Crippen LogP contribution in [0.1, 0.15) is 51.0 Å². The number of amides is 2. The number of aromatic nitrogens is 1. The monoisotopic (exact) mass is 666 g/mol. The third-order valence-electron chi connectivity index (χ3n) is 7.98. The molecule has 13 heteroatoms. The molecule has 1 unspecified atom stereocenters. The summed E-state index contributed by atoms with van der Waals surface area (Å²) in [6.07, 6.45) is 5.15. The summed E-state index contributed by atoms with van der Waals surface area (Å²) in [4.78, 5) is 29.1. The molecule has 4 N–H and O–H groups in total. The summed E-state index contributed by atoms with van der Waals surface area (Å²) in [5.41, 5.74) is 6.78. The Morgan fingerprint density at radius 1 is 0.958 bits per heavy atom. The van der Waals surface area contributed by atoms with Crippen LogP contribution in [0.25, 0.3) is 10.9 Å². The normalized spacial score (nSPS) is 14.0. The Labute approximate surface area is 275 Å². The fourth-order valence-electron chi connectivity index (χ4n) is 5.24. The maximum Gasteiger partial charge on any atom is 0.323 e. The highest BCUT2D eigenvalue weighted by Crippen LogP contribution is 2.38. The van der Waals surface area contributed by atoms with E-state index in [1.165, 1.54) is 56.6 Å². The Kier molecular flexibility index (Phi) is 10.9. The van der Waals surface area contributed by atoms with Gasteiger partial charge in [0.1, 0.15) is 17.9 Å².